The number of amides is 2. The Hall–Kier alpha value is -1.07. The lowest BCUT2D eigenvalue weighted by molar-refractivity contribution is -0.129. The Labute approximate surface area is 131 Å². The summed E-state index contributed by atoms with van der Waals surface area (Å²) in [6.45, 7) is 2.97. The van der Waals surface area contributed by atoms with Crippen LogP contribution in [0.15, 0.2) is 22.7 Å². The standard InChI is InChI=1S/C14H16BrClN2O2/c1-9(19)18-6-4-11(5-7-18)17-14(20)10-2-3-13(16)12(15)8-10/h2-3,8,11H,4-7H2,1H3,(H,17,20). The van der Waals surface area contributed by atoms with E-state index in [2.05, 4.69) is 21.2 Å². The zero-order valence-electron chi connectivity index (χ0n) is 11.2. The van der Waals surface area contributed by atoms with E-state index in [1.54, 1.807) is 25.1 Å². The molecule has 0 spiro atoms. The summed E-state index contributed by atoms with van der Waals surface area (Å²) in [4.78, 5) is 25.2. The molecule has 1 aromatic carbocycles. The van der Waals surface area contributed by atoms with Gasteiger partial charge in [0.25, 0.3) is 5.91 Å². The molecule has 1 aliphatic rings. The van der Waals surface area contributed by atoms with Crippen molar-refractivity contribution in [2.24, 2.45) is 0 Å². The van der Waals surface area contributed by atoms with Crippen LogP contribution < -0.4 is 5.32 Å². The summed E-state index contributed by atoms with van der Waals surface area (Å²) >= 11 is 9.21. The van der Waals surface area contributed by atoms with Crippen molar-refractivity contribution in [3.8, 4) is 0 Å². The molecule has 1 saturated heterocycles. The average molecular weight is 360 g/mol. The van der Waals surface area contributed by atoms with E-state index in [0.29, 0.717) is 28.1 Å². The first-order valence-electron chi connectivity index (χ1n) is 6.49. The molecule has 2 amide bonds. The van der Waals surface area contributed by atoms with Gasteiger partial charge in [0, 0.05) is 36.1 Å². The molecule has 6 heteroatoms. The SMILES string of the molecule is CC(=O)N1CCC(NC(=O)c2ccc(Cl)c(Br)c2)CC1. The molecule has 108 valence electrons. The smallest absolute Gasteiger partial charge is 0.251 e. The van der Waals surface area contributed by atoms with Gasteiger partial charge < -0.3 is 10.2 Å². The summed E-state index contributed by atoms with van der Waals surface area (Å²) in [5, 5.41) is 3.58. The highest BCUT2D eigenvalue weighted by Crippen LogP contribution is 2.23. The lowest BCUT2D eigenvalue weighted by Gasteiger charge is -2.31. The Balaban J connectivity index is 1.92. The van der Waals surface area contributed by atoms with Crippen LogP contribution in [0.4, 0.5) is 0 Å². The minimum Gasteiger partial charge on any atom is -0.349 e. The fraction of sp³-hybridized carbons (Fsp3) is 0.429. The van der Waals surface area contributed by atoms with Crippen molar-refractivity contribution in [1.29, 1.82) is 0 Å². The van der Waals surface area contributed by atoms with Gasteiger partial charge in [-0.3, -0.25) is 9.59 Å². The number of carbonyl (C=O) groups is 2. The van der Waals surface area contributed by atoms with Crippen LogP contribution in [0.25, 0.3) is 0 Å². The predicted molar refractivity (Wildman–Crippen MR) is 81.9 cm³/mol. The highest BCUT2D eigenvalue weighted by Gasteiger charge is 2.22. The van der Waals surface area contributed by atoms with Gasteiger partial charge in [0.05, 0.1) is 5.02 Å². The largest absolute Gasteiger partial charge is 0.349 e. The van der Waals surface area contributed by atoms with Gasteiger partial charge in [-0.25, -0.2) is 0 Å². The number of nitrogens with one attached hydrogen (secondary N) is 1. The van der Waals surface area contributed by atoms with Crippen LogP contribution in [0.1, 0.15) is 30.1 Å². The Morgan fingerprint density at radius 3 is 2.55 bits per heavy atom. The van der Waals surface area contributed by atoms with Crippen molar-refractivity contribution in [3.05, 3.63) is 33.3 Å². The second kappa shape index (κ2) is 6.59. The summed E-state index contributed by atoms with van der Waals surface area (Å²) in [7, 11) is 0. The summed E-state index contributed by atoms with van der Waals surface area (Å²) in [5.74, 6) is -0.0138. The molecule has 0 radical (unpaired) electrons. The summed E-state index contributed by atoms with van der Waals surface area (Å²) in [5.41, 5.74) is 0.579. The number of halogens is 2. The third-order valence-corrected chi connectivity index (χ3v) is 4.67. The number of hydrogen-bond acceptors (Lipinski definition) is 2. The highest BCUT2D eigenvalue weighted by molar-refractivity contribution is 9.10. The van der Waals surface area contributed by atoms with E-state index in [-0.39, 0.29) is 17.9 Å². The van der Waals surface area contributed by atoms with Crippen LogP contribution in [0.3, 0.4) is 0 Å². The molecule has 0 unspecified atom stereocenters. The second-order valence-corrected chi connectivity index (χ2v) is 6.14. The van der Waals surface area contributed by atoms with Gasteiger partial charge in [0.15, 0.2) is 0 Å². The first-order valence-corrected chi connectivity index (χ1v) is 7.66. The topological polar surface area (TPSA) is 49.4 Å². The van der Waals surface area contributed by atoms with Crippen molar-refractivity contribution >= 4 is 39.3 Å². The molecule has 0 aliphatic carbocycles. The van der Waals surface area contributed by atoms with Gasteiger partial charge >= 0.3 is 0 Å². The van der Waals surface area contributed by atoms with Crippen molar-refractivity contribution in [3.63, 3.8) is 0 Å². The van der Waals surface area contributed by atoms with E-state index in [9.17, 15) is 9.59 Å². The number of piperidine rings is 1. The van der Waals surface area contributed by atoms with Gasteiger partial charge in [-0.1, -0.05) is 11.6 Å². The molecule has 20 heavy (non-hydrogen) atoms. The molecular weight excluding hydrogens is 344 g/mol. The normalized spacial score (nSPS) is 16.1. The van der Waals surface area contributed by atoms with E-state index in [4.69, 9.17) is 11.6 Å². The predicted octanol–water partition coefficient (Wildman–Crippen LogP) is 2.84. The van der Waals surface area contributed by atoms with Crippen molar-refractivity contribution < 1.29 is 9.59 Å². The summed E-state index contributed by atoms with van der Waals surface area (Å²) in [6.07, 6.45) is 1.58. The summed E-state index contributed by atoms with van der Waals surface area (Å²) < 4.78 is 0.707. The Morgan fingerprint density at radius 2 is 2.00 bits per heavy atom. The molecule has 0 bridgehead atoms. The molecule has 2 rings (SSSR count). The van der Waals surface area contributed by atoms with Crippen molar-refractivity contribution in [2.45, 2.75) is 25.8 Å². The van der Waals surface area contributed by atoms with Gasteiger partial charge in [-0.05, 0) is 47.0 Å². The van der Waals surface area contributed by atoms with Crippen LogP contribution in [0, 0.1) is 0 Å². The molecule has 0 aromatic heterocycles. The fourth-order valence-corrected chi connectivity index (χ4v) is 2.74. The van der Waals surface area contributed by atoms with Crippen LogP contribution in [-0.4, -0.2) is 35.8 Å². The molecule has 1 fully saturated rings. The minimum absolute atomic E-state index is 0.0939. The Morgan fingerprint density at radius 1 is 1.35 bits per heavy atom. The fourth-order valence-electron chi connectivity index (χ4n) is 2.24. The van der Waals surface area contributed by atoms with E-state index >= 15 is 0 Å². The molecule has 1 aromatic rings. The third-order valence-electron chi connectivity index (χ3n) is 3.46. The van der Waals surface area contributed by atoms with Crippen molar-refractivity contribution in [2.75, 3.05) is 13.1 Å². The Bertz CT molecular complexity index is 528. The van der Waals surface area contributed by atoms with Crippen LogP contribution in [0.2, 0.25) is 5.02 Å². The first-order chi connectivity index (χ1) is 9.47. The zero-order valence-corrected chi connectivity index (χ0v) is 13.5. The average Bonchev–Trinajstić information content (AvgIpc) is 2.42. The second-order valence-electron chi connectivity index (χ2n) is 4.88. The third kappa shape index (κ3) is 3.73. The quantitative estimate of drug-likeness (QED) is 0.883. The number of carbonyl (C=O) groups excluding carboxylic acids is 2. The lowest BCUT2D eigenvalue weighted by atomic mass is 10.0. The van der Waals surface area contributed by atoms with Crippen LogP contribution in [-0.2, 0) is 4.79 Å². The number of rotatable bonds is 2. The molecule has 1 heterocycles. The van der Waals surface area contributed by atoms with Crippen LogP contribution >= 0.6 is 27.5 Å². The first kappa shape index (κ1) is 15.3. The molecule has 4 nitrogen and oxygen atoms in total. The zero-order chi connectivity index (χ0) is 14.7. The molecule has 1 aliphatic heterocycles. The van der Waals surface area contributed by atoms with E-state index in [1.165, 1.54) is 0 Å². The van der Waals surface area contributed by atoms with Gasteiger partial charge in [0.1, 0.15) is 0 Å². The number of nitrogens with zero attached hydrogens (tertiary/aromatic N) is 1. The van der Waals surface area contributed by atoms with Crippen molar-refractivity contribution in [1.82, 2.24) is 10.2 Å². The van der Waals surface area contributed by atoms with E-state index in [1.807, 2.05) is 4.90 Å². The van der Waals surface area contributed by atoms with Crippen LogP contribution in [0.5, 0.6) is 0 Å². The molecule has 1 N–H and O–H groups in total. The Kier molecular flexibility index (Phi) is 5.05. The monoisotopic (exact) mass is 358 g/mol. The molecule has 0 saturated carbocycles. The number of likely N-dealkylation sites (tertiary alicyclic amines) is 1. The molecule has 0 atom stereocenters. The highest BCUT2D eigenvalue weighted by atomic mass is 79.9. The minimum atomic E-state index is -0.108. The maximum Gasteiger partial charge on any atom is 0.251 e. The number of hydrogen-bond donors (Lipinski definition) is 1. The van der Waals surface area contributed by atoms with Gasteiger partial charge in [-0.15, -0.1) is 0 Å². The maximum absolute atomic E-state index is 12.1. The van der Waals surface area contributed by atoms with Gasteiger partial charge in [-0.2, -0.15) is 0 Å². The van der Waals surface area contributed by atoms with E-state index in [0.717, 1.165) is 12.8 Å². The number of benzene rings is 1. The summed E-state index contributed by atoms with van der Waals surface area (Å²) in [6, 6.07) is 5.22. The van der Waals surface area contributed by atoms with E-state index < -0.39 is 0 Å². The maximum atomic E-state index is 12.1. The lowest BCUT2D eigenvalue weighted by Crippen LogP contribution is -2.46. The molecular formula is C14H16BrClN2O2. The van der Waals surface area contributed by atoms with Gasteiger partial charge in [0.2, 0.25) is 5.91 Å².